The fraction of sp³-hybridized carbons (Fsp3) is 0.562. The fourth-order valence-corrected chi connectivity index (χ4v) is 4.02. The lowest BCUT2D eigenvalue weighted by Gasteiger charge is -2.36. The van der Waals surface area contributed by atoms with E-state index in [0.717, 1.165) is 12.8 Å². The van der Waals surface area contributed by atoms with Crippen molar-refractivity contribution in [2.24, 2.45) is 5.92 Å². The van der Waals surface area contributed by atoms with Crippen molar-refractivity contribution < 1.29 is 19.5 Å². The number of nitrogens with zero attached hydrogens (tertiary/aromatic N) is 2. The average Bonchev–Trinajstić information content (AvgIpc) is 3.24. The summed E-state index contributed by atoms with van der Waals surface area (Å²) in [4.78, 5) is 40.4. The third-order valence-electron chi connectivity index (χ3n) is 4.63. The maximum absolute atomic E-state index is 12.8. The van der Waals surface area contributed by atoms with Gasteiger partial charge in [0.05, 0.1) is 10.8 Å². The highest BCUT2D eigenvalue weighted by molar-refractivity contribution is 7.12. The number of carboxylic acids is 1. The zero-order chi connectivity index (χ0) is 16.4. The maximum atomic E-state index is 12.8. The standard InChI is InChI=1S/C16H20N2O4S/c19-14(17-8-6-11(10-17)16(21)22)12-4-1-2-7-18(12)15(20)13-5-3-9-23-13/h3,5,9,11-12H,1-2,4,6-8,10H2,(H,21,22). The molecule has 1 N–H and O–H groups in total. The zero-order valence-electron chi connectivity index (χ0n) is 12.8. The lowest BCUT2D eigenvalue weighted by atomic mass is 10.0. The Balaban J connectivity index is 1.72. The Morgan fingerprint density at radius 3 is 2.65 bits per heavy atom. The summed E-state index contributed by atoms with van der Waals surface area (Å²) in [7, 11) is 0. The van der Waals surface area contributed by atoms with Crippen molar-refractivity contribution >= 4 is 29.1 Å². The van der Waals surface area contributed by atoms with Crippen LogP contribution in [0.5, 0.6) is 0 Å². The molecule has 0 aromatic carbocycles. The summed E-state index contributed by atoms with van der Waals surface area (Å²) in [6, 6.07) is 3.15. The van der Waals surface area contributed by atoms with Crippen molar-refractivity contribution in [1.82, 2.24) is 9.80 Å². The van der Waals surface area contributed by atoms with Crippen LogP contribution in [0.15, 0.2) is 17.5 Å². The van der Waals surface area contributed by atoms with Crippen LogP contribution in [0.25, 0.3) is 0 Å². The first-order valence-electron chi connectivity index (χ1n) is 7.94. The van der Waals surface area contributed by atoms with Crippen LogP contribution >= 0.6 is 11.3 Å². The molecule has 2 atom stereocenters. The topological polar surface area (TPSA) is 77.9 Å². The molecule has 2 fully saturated rings. The van der Waals surface area contributed by atoms with Gasteiger partial charge in [0.1, 0.15) is 6.04 Å². The van der Waals surface area contributed by atoms with Crippen LogP contribution in [-0.4, -0.2) is 58.4 Å². The van der Waals surface area contributed by atoms with E-state index in [2.05, 4.69) is 0 Å². The number of likely N-dealkylation sites (tertiary alicyclic amines) is 2. The number of hydrogen-bond donors (Lipinski definition) is 1. The normalized spacial score (nSPS) is 24.7. The molecule has 0 radical (unpaired) electrons. The third-order valence-corrected chi connectivity index (χ3v) is 5.49. The Bertz CT molecular complexity index is 601. The van der Waals surface area contributed by atoms with Gasteiger partial charge in [-0.15, -0.1) is 11.3 Å². The van der Waals surface area contributed by atoms with Crippen LogP contribution in [0, 0.1) is 5.92 Å². The van der Waals surface area contributed by atoms with Crippen LogP contribution < -0.4 is 0 Å². The molecule has 7 heteroatoms. The van der Waals surface area contributed by atoms with Crippen LogP contribution in [-0.2, 0) is 9.59 Å². The first-order valence-corrected chi connectivity index (χ1v) is 8.82. The van der Waals surface area contributed by atoms with E-state index in [-0.39, 0.29) is 18.4 Å². The van der Waals surface area contributed by atoms with Crippen LogP contribution in [0.3, 0.4) is 0 Å². The monoisotopic (exact) mass is 336 g/mol. The van der Waals surface area contributed by atoms with Crippen molar-refractivity contribution in [3.63, 3.8) is 0 Å². The van der Waals surface area contributed by atoms with Gasteiger partial charge >= 0.3 is 5.97 Å². The predicted molar refractivity (Wildman–Crippen MR) is 85.3 cm³/mol. The minimum absolute atomic E-state index is 0.0907. The van der Waals surface area contributed by atoms with Gasteiger partial charge in [0, 0.05) is 19.6 Å². The molecule has 2 aliphatic heterocycles. The number of piperidine rings is 1. The van der Waals surface area contributed by atoms with Gasteiger partial charge in [-0.3, -0.25) is 14.4 Å². The Hall–Kier alpha value is -1.89. The van der Waals surface area contributed by atoms with Crippen molar-refractivity contribution in [1.29, 1.82) is 0 Å². The summed E-state index contributed by atoms with van der Waals surface area (Å²) in [5, 5.41) is 10.9. The van der Waals surface area contributed by atoms with E-state index in [1.54, 1.807) is 15.9 Å². The van der Waals surface area contributed by atoms with Crippen LogP contribution in [0.1, 0.15) is 35.4 Å². The summed E-state index contributed by atoms with van der Waals surface area (Å²) in [5.74, 6) is -1.52. The molecule has 23 heavy (non-hydrogen) atoms. The Morgan fingerprint density at radius 1 is 1.17 bits per heavy atom. The van der Waals surface area contributed by atoms with E-state index >= 15 is 0 Å². The molecule has 3 rings (SSSR count). The highest BCUT2D eigenvalue weighted by Gasteiger charge is 2.39. The molecule has 2 saturated heterocycles. The molecular formula is C16H20N2O4S. The molecule has 0 saturated carbocycles. The number of amides is 2. The zero-order valence-corrected chi connectivity index (χ0v) is 13.6. The highest BCUT2D eigenvalue weighted by atomic mass is 32.1. The van der Waals surface area contributed by atoms with Gasteiger partial charge in [0.25, 0.3) is 5.91 Å². The number of carbonyl (C=O) groups is 3. The third kappa shape index (κ3) is 3.24. The molecule has 2 amide bonds. The Kier molecular flexibility index (Phi) is 4.66. The number of aliphatic carboxylic acids is 1. The molecule has 1 aromatic heterocycles. The van der Waals surface area contributed by atoms with Crippen molar-refractivity contribution in [2.75, 3.05) is 19.6 Å². The lowest BCUT2D eigenvalue weighted by Crippen LogP contribution is -2.52. The number of thiophene rings is 1. The molecule has 3 heterocycles. The van der Waals surface area contributed by atoms with Crippen molar-refractivity contribution in [2.45, 2.75) is 31.7 Å². The minimum Gasteiger partial charge on any atom is -0.481 e. The maximum Gasteiger partial charge on any atom is 0.308 e. The smallest absolute Gasteiger partial charge is 0.308 e. The van der Waals surface area contributed by atoms with Gasteiger partial charge < -0.3 is 14.9 Å². The summed E-state index contributed by atoms with van der Waals surface area (Å²) in [6.07, 6.45) is 2.97. The van der Waals surface area contributed by atoms with Crippen LogP contribution in [0.2, 0.25) is 0 Å². The number of rotatable bonds is 3. The van der Waals surface area contributed by atoms with E-state index in [1.807, 2.05) is 11.4 Å². The molecule has 0 spiro atoms. The summed E-state index contributed by atoms with van der Waals surface area (Å²) in [5.41, 5.74) is 0. The van der Waals surface area contributed by atoms with Gasteiger partial charge in [0.15, 0.2) is 0 Å². The molecule has 6 nitrogen and oxygen atoms in total. The van der Waals surface area contributed by atoms with E-state index < -0.39 is 17.9 Å². The number of carboxylic acid groups (broad SMARTS) is 1. The van der Waals surface area contributed by atoms with Gasteiger partial charge in [-0.25, -0.2) is 0 Å². The van der Waals surface area contributed by atoms with Crippen molar-refractivity contribution in [3.05, 3.63) is 22.4 Å². The second kappa shape index (κ2) is 6.70. The molecule has 0 aliphatic carbocycles. The van der Waals surface area contributed by atoms with Crippen LogP contribution in [0.4, 0.5) is 0 Å². The lowest BCUT2D eigenvalue weighted by molar-refractivity contribution is -0.142. The number of carbonyl (C=O) groups excluding carboxylic acids is 2. The van der Waals surface area contributed by atoms with Gasteiger partial charge in [-0.2, -0.15) is 0 Å². The minimum atomic E-state index is -0.851. The highest BCUT2D eigenvalue weighted by Crippen LogP contribution is 2.25. The molecular weight excluding hydrogens is 316 g/mol. The van der Waals surface area contributed by atoms with E-state index in [4.69, 9.17) is 5.11 Å². The molecule has 124 valence electrons. The van der Waals surface area contributed by atoms with Gasteiger partial charge in [-0.1, -0.05) is 6.07 Å². The molecule has 2 unspecified atom stereocenters. The Labute approximate surface area is 138 Å². The first-order chi connectivity index (χ1) is 11.1. The molecule has 2 aliphatic rings. The summed E-state index contributed by atoms with van der Waals surface area (Å²) >= 11 is 1.38. The van der Waals surface area contributed by atoms with E-state index in [0.29, 0.717) is 30.8 Å². The summed E-state index contributed by atoms with van der Waals surface area (Å²) in [6.45, 7) is 1.31. The van der Waals surface area contributed by atoms with Gasteiger partial charge in [0.2, 0.25) is 5.91 Å². The van der Waals surface area contributed by atoms with Gasteiger partial charge in [-0.05, 0) is 37.1 Å². The fourth-order valence-electron chi connectivity index (χ4n) is 3.35. The molecule has 1 aromatic rings. The SMILES string of the molecule is O=C(O)C1CCN(C(=O)C2CCCCN2C(=O)c2cccs2)C1. The predicted octanol–water partition coefficient (Wildman–Crippen LogP) is 1.68. The molecule has 0 bridgehead atoms. The second-order valence-corrected chi connectivity index (χ2v) is 7.04. The quantitative estimate of drug-likeness (QED) is 0.911. The van der Waals surface area contributed by atoms with E-state index in [1.165, 1.54) is 11.3 Å². The largest absolute Gasteiger partial charge is 0.481 e. The second-order valence-electron chi connectivity index (χ2n) is 6.10. The van der Waals surface area contributed by atoms with Crippen molar-refractivity contribution in [3.8, 4) is 0 Å². The number of hydrogen-bond acceptors (Lipinski definition) is 4. The average molecular weight is 336 g/mol. The Morgan fingerprint density at radius 2 is 2.00 bits per heavy atom. The summed E-state index contributed by atoms with van der Waals surface area (Å²) < 4.78 is 0. The first kappa shape index (κ1) is 16.0. The van der Waals surface area contributed by atoms with E-state index in [9.17, 15) is 14.4 Å².